The average Bonchev–Trinajstić information content (AvgIpc) is 2.71. The first-order valence-corrected chi connectivity index (χ1v) is 9.83. The second-order valence-corrected chi connectivity index (χ2v) is 6.25. The zero-order valence-corrected chi connectivity index (χ0v) is 18.8. The molecule has 0 fully saturated rings. The number of rotatable bonds is 3. The summed E-state index contributed by atoms with van der Waals surface area (Å²) in [6.07, 6.45) is 3.12. The van der Waals surface area contributed by atoms with Crippen LogP contribution in [0, 0.1) is 17.3 Å². The lowest BCUT2D eigenvalue weighted by Crippen LogP contribution is -2.08. The number of hydrogen-bond acceptors (Lipinski definition) is 6. The Morgan fingerprint density at radius 3 is 2.48 bits per heavy atom. The van der Waals surface area contributed by atoms with Crippen LogP contribution in [-0.2, 0) is 4.84 Å². The molecule has 0 aromatic carbocycles. The molecule has 0 bridgehead atoms. The van der Waals surface area contributed by atoms with Crippen LogP contribution in [0.1, 0.15) is 72.2 Å². The number of aromatic nitrogens is 1. The van der Waals surface area contributed by atoms with Gasteiger partial charge in [-0.25, -0.2) is 4.98 Å². The highest BCUT2D eigenvalue weighted by Gasteiger charge is 2.13. The number of nitrogens with zero attached hydrogens (tertiary/aromatic N) is 3. The van der Waals surface area contributed by atoms with Gasteiger partial charge in [0.05, 0.1) is 17.1 Å². The molecular formula is C23H34N4O2. The Bertz CT molecular complexity index is 808. The number of aliphatic imine (C=N–C) groups is 1. The molecule has 0 unspecified atom stereocenters. The van der Waals surface area contributed by atoms with E-state index in [0.29, 0.717) is 22.8 Å². The summed E-state index contributed by atoms with van der Waals surface area (Å²) in [6.45, 7) is 11.7. The number of nitrogens with one attached hydrogen (secondary N) is 1. The molecule has 0 aliphatic heterocycles. The molecule has 0 amide bonds. The van der Waals surface area contributed by atoms with Gasteiger partial charge in [-0.05, 0) is 70.6 Å². The van der Waals surface area contributed by atoms with Crippen molar-refractivity contribution in [2.75, 3.05) is 13.7 Å². The molecule has 2 N–H and O–H groups in total. The largest absolute Gasteiger partial charge is 0.399 e. The van der Waals surface area contributed by atoms with Crippen molar-refractivity contribution in [3.8, 4) is 11.8 Å². The lowest BCUT2D eigenvalue weighted by atomic mass is 9.96. The molecule has 0 saturated heterocycles. The minimum absolute atomic E-state index is 0.170. The molecule has 1 aromatic heterocycles. The maximum atomic E-state index is 8.55. The second kappa shape index (κ2) is 15.2. The topological polar surface area (TPSA) is 90.9 Å². The number of aliphatic hydroxyl groups is 1. The molecule has 1 aliphatic rings. The third-order valence-electron chi connectivity index (χ3n) is 3.65. The predicted octanol–water partition coefficient (Wildman–Crippen LogP) is 4.77. The fourth-order valence-electron chi connectivity index (χ4n) is 2.43. The molecule has 29 heavy (non-hydrogen) atoms. The summed E-state index contributed by atoms with van der Waals surface area (Å²) in [5.41, 5.74) is 5.95. The van der Waals surface area contributed by atoms with Crippen molar-refractivity contribution in [3.63, 3.8) is 0 Å². The molecule has 0 spiro atoms. The van der Waals surface area contributed by atoms with Crippen LogP contribution in [0.15, 0.2) is 39.6 Å². The van der Waals surface area contributed by atoms with Crippen molar-refractivity contribution in [2.24, 2.45) is 10.1 Å². The number of allylic oxidation sites excluding steroid dienone is 2. The summed E-state index contributed by atoms with van der Waals surface area (Å²) >= 11 is 0. The first-order valence-electron chi connectivity index (χ1n) is 9.83. The van der Waals surface area contributed by atoms with Crippen molar-refractivity contribution in [3.05, 3.63) is 40.9 Å². The van der Waals surface area contributed by atoms with Gasteiger partial charge in [0.2, 0.25) is 0 Å². The van der Waals surface area contributed by atoms with Crippen LogP contribution in [0.5, 0.6) is 0 Å². The Morgan fingerprint density at radius 2 is 1.93 bits per heavy atom. The molecule has 1 heterocycles. The Morgan fingerprint density at radius 1 is 1.24 bits per heavy atom. The third kappa shape index (κ3) is 10.4. The molecule has 2 rings (SSSR count). The first kappa shape index (κ1) is 26.2. The number of aliphatic hydroxyl groups excluding tert-OH is 1. The zero-order valence-electron chi connectivity index (χ0n) is 18.8. The van der Waals surface area contributed by atoms with Gasteiger partial charge >= 0.3 is 0 Å². The highest BCUT2D eigenvalue weighted by molar-refractivity contribution is 6.01. The van der Waals surface area contributed by atoms with E-state index in [0.717, 1.165) is 30.7 Å². The van der Waals surface area contributed by atoms with E-state index < -0.39 is 0 Å². The van der Waals surface area contributed by atoms with E-state index in [1.54, 1.807) is 13.0 Å². The smallest absolute Gasteiger partial charge is 0.114 e. The summed E-state index contributed by atoms with van der Waals surface area (Å²) in [6, 6.07) is 5.42. The predicted molar refractivity (Wildman–Crippen MR) is 122 cm³/mol. The molecule has 0 saturated carbocycles. The molecule has 1 aromatic rings. The van der Waals surface area contributed by atoms with Gasteiger partial charge in [0.1, 0.15) is 25.1 Å². The normalized spacial score (nSPS) is 13.1. The van der Waals surface area contributed by atoms with Gasteiger partial charge < -0.3 is 15.4 Å². The first-order chi connectivity index (χ1) is 13.9. The monoisotopic (exact) mass is 398 g/mol. The number of pyridine rings is 1. The standard InChI is InChI=1S/C11H12N2O2.C10H16N2.C2H6/c1-9(13-15-2)11-7-3-5-10(12-11)6-4-8-14;1-7(2)12-10-8(3)5-4-6-9(10)11;1-2/h3,5,7,14H,8H2,1-2H3;11H,4-6H2,1-3H3;1-2H3/b13-9+;;. The Hall–Kier alpha value is -2.78. The van der Waals surface area contributed by atoms with Gasteiger partial charge in [-0.2, -0.15) is 0 Å². The summed E-state index contributed by atoms with van der Waals surface area (Å²) in [5, 5.41) is 20.0. The Balaban J connectivity index is 0.000000508. The van der Waals surface area contributed by atoms with Crippen molar-refractivity contribution in [1.82, 2.24) is 4.98 Å². The van der Waals surface area contributed by atoms with Crippen LogP contribution in [0.3, 0.4) is 0 Å². The van der Waals surface area contributed by atoms with Crippen LogP contribution in [0.4, 0.5) is 0 Å². The number of hydrogen-bond donors (Lipinski definition) is 2. The molecule has 1 aliphatic carbocycles. The van der Waals surface area contributed by atoms with Gasteiger partial charge in [-0.15, -0.1) is 0 Å². The van der Waals surface area contributed by atoms with Crippen molar-refractivity contribution in [2.45, 2.75) is 60.8 Å². The highest BCUT2D eigenvalue weighted by atomic mass is 16.6. The summed E-state index contributed by atoms with van der Waals surface area (Å²) in [7, 11) is 1.49. The van der Waals surface area contributed by atoms with Crippen LogP contribution in [0.2, 0.25) is 0 Å². The average molecular weight is 399 g/mol. The Labute approximate surface area is 175 Å². The van der Waals surface area contributed by atoms with E-state index in [-0.39, 0.29) is 6.61 Å². The molecule has 158 valence electrons. The highest BCUT2D eigenvalue weighted by Crippen LogP contribution is 2.22. The van der Waals surface area contributed by atoms with E-state index in [1.807, 2.05) is 39.8 Å². The lowest BCUT2D eigenvalue weighted by Gasteiger charge is -2.15. The van der Waals surface area contributed by atoms with Crippen molar-refractivity contribution in [1.29, 1.82) is 5.41 Å². The van der Waals surface area contributed by atoms with Gasteiger partial charge in [0, 0.05) is 5.71 Å². The van der Waals surface area contributed by atoms with Crippen molar-refractivity contribution < 1.29 is 9.94 Å². The minimum Gasteiger partial charge on any atom is -0.399 e. The van der Waals surface area contributed by atoms with Crippen LogP contribution in [0.25, 0.3) is 0 Å². The van der Waals surface area contributed by atoms with Crippen LogP contribution >= 0.6 is 0 Å². The zero-order chi connectivity index (χ0) is 22.2. The van der Waals surface area contributed by atoms with E-state index >= 15 is 0 Å². The molecule has 6 heteroatoms. The molecular weight excluding hydrogens is 364 g/mol. The van der Waals surface area contributed by atoms with Gasteiger partial charge in [-0.3, -0.25) is 4.99 Å². The summed E-state index contributed by atoms with van der Waals surface area (Å²) in [5.74, 6) is 5.26. The molecule has 6 nitrogen and oxygen atoms in total. The second-order valence-electron chi connectivity index (χ2n) is 6.25. The molecule has 0 atom stereocenters. The van der Waals surface area contributed by atoms with Crippen LogP contribution in [-0.4, -0.2) is 40.9 Å². The van der Waals surface area contributed by atoms with Gasteiger partial charge in [0.15, 0.2) is 0 Å². The maximum Gasteiger partial charge on any atom is 0.114 e. The summed E-state index contributed by atoms with van der Waals surface area (Å²) in [4.78, 5) is 13.3. The SMILES string of the molecule is CC.CC(C)=NC1=C(C)CCCC1=N.CO/N=C(\C)c1cccc(C#CCO)n1. The van der Waals surface area contributed by atoms with Gasteiger partial charge in [-0.1, -0.05) is 31.0 Å². The third-order valence-corrected chi connectivity index (χ3v) is 3.65. The fourth-order valence-corrected chi connectivity index (χ4v) is 2.43. The number of oxime groups is 1. The fraction of sp³-hybridized carbons (Fsp3) is 0.478. The maximum absolute atomic E-state index is 8.55. The van der Waals surface area contributed by atoms with E-state index in [9.17, 15) is 0 Å². The molecule has 0 radical (unpaired) electrons. The van der Waals surface area contributed by atoms with Crippen molar-refractivity contribution >= 4 is 17.1 Å². The summed E-state index contributed by atoms with van der Waals surface area (Å²) < 4.78 is 0. The van der Waals surface area contributed by atoms with E-state index in [2.05, 4.69) is 38.7 Å². The van der Waals surface area contributed by atoms with E-state index in [1.165, 1.54) is 12.7 Å². The van der Waals surface area contributed by atoms with Gasteiger partial charge in [0.25, 0.3) is 0 Å². The quantitative estimate of drug-likeness (QED) is 0.436. The van der Waals surface area contributed by atoms with E-state index in [4.69, 9.17) is 10.5 Å². The Kier molecular flexibility index (Phi) is 13.7. The lowest BCUT2D eigenvalue weighted by molar-refractivity contribution is 0.213. The van der Waals surface area contributed by atoms with Crippen LogP contribution < -0.4 is 0 Å². The minimum atomic E-state index is -0.170.